The summed E-state index contributed by atoms with van der Waals surface area (Å²) in [5.74, 6) is 2.19. The maximum Gasteiger partial charge on any atom is 0.410 e. The molecule has 39 heavy (non-hydrogen) atoms. The second-order valence-corrected chi connectivity index (χ2v) is 11.8. The molecule has 0 N–H and O–H groups in total. The molecule has 216 valence electrons. The van der Waals surface area contributed by atoms with E-state index in [4.69, 9.17) is 18.9 Å². The van der Waals surface area contributed by atoms with Crippen molar-refractivity contribution in [3.05, 3.63) is 59.7 Å². The van der Waals surface area contributed by atoms with Crippen LogP contribution in [0.15, 0.2) is 48.5 Å². The lowest BCUT2D eigenvalue weighted by atomic mass is 9.89. The number of ether oxygens (including phenoxy) is 4. The van der Waals surface area contributed by atoms with E-state index in [0.717, 1.165) is 37.4 Å². The molecular formula is C32H48N2O5. The number of carbonyl (C=O) groups is 1. The van der Waals surface area contributed by atoms with Crippen molar-refractivity contribution in [3.8, 4) is 11.5 Å². The molecule has 1 fully saturated rings. The second kappa shape index (κ2) is 14.6. The van der Waals surface area contributed by atoms with Gasteiger partial charge < -0.3 is 23.8 Å². The summed E-state index contributed by atoms with van der Waals surface area (Å²) in [6.07, 6.45) is 1.55. The van der Waals surface area contributed by atoms with Crippen LogP contribution in [0.3, 0.4) is 0 Å². The summed E-state index contributed by atoms with van der Waals surface area (Å²) in [6, 6.07) is 17.1. The summed E-state index contributed by atoms with van der Waals surface area (Å²) in [5, 5.41) is 0. The molecule has 2 aromatic rings. The summed E-state index contributed by atoms with van der Waals surface area (Å²) in [4.78, 5) is 17.4. The van der Waals surface area contributed by atoms with Crippen LogP contribution in [0.2, 0.25) is 0 Å². The van der Waals surface area contributed by atoms with Gasteiger partial charge in [0.25, 0.3) is 0 Å². The van der Waals surface area contributed by atoms with Gasteiger partial charge in [-0.05, 0) is 76.1 Å². The molecule has 0 spiro atoms. The van der Waals surface area contributed by atoms with Crippen molar-refractivity contribution in [1.29, 1.82) is 0 Å². The van der Waals surface area contributed by atoms with Crippen molar-refractivity contribution in [2.45, 2.75) is 65.6 Å². The first-order valence-electron chi connectivity index (χ1n) is 14.1. The van der Waals surface area contributed by atoms with Crippen LogP contribution in [0.25, 0.3) is 0 Å². The van der Waals surface area contributed by atoms with Crippen molar-refractivity contribution in [2.75, 3.05) is 47.1 Å². The quantitative estimate of drug-likeness (QED) is 0.289. The third-order valence-electron chi connectivity index (χ3n) is 7.13. The lowest BCUT2D eigenvalue weighted by Gasteiger charge is -2.31. The molecule has 0 aliphatic carbocycles. The first-order chi connectivity index (χ1) is 18.6. The normalized spacial score (nSPS) is 17.6. The summed E-state index contributed by atoms with van der Waals surface area (Å²) < 4.78 is 22.4. The Morgan fingerprint density at radius 1 is 0.974 bits per heavy atom. The second-order valence-electron chi connectivity index (χ2n) is 11.8. The van der Waals surface area contributed by atoms with Crippen LogP contribution in [-0.2, 0) is 22.4 Å². The van der Waals surface area contributed by atoms with Gasteiger partial charge in [0.1, 0.15) is 5.60 Å². The number of rotatable bonds is 13. The van der Waals surface area contributed by atoms with Gasteiger partial charge in [0.15, 0.2) is 11.5 Å². The van der Waals surface area contributed by atoms with Crippen LogP contribution in [0.4, 0.5) is 4.79 Å². The fourth-order valence-electron chi connectivity index (χ4n) is 5.08. The SMILES string of the molecule is COCCCOc1cc(CN(C[C@H]2CN(C(=O)OC(C)(C)C)C[C@@H]2Cc2ccccc2)C(C)C)ccc1OC. The molecule has 7 nitrogen and oxygen atoms in total. The van der Waals surface area contributed by atoms with Gasteiger partial charge in [-0.2, -0.15) is 0 Å². The number of hydrogen-bond donors (Lipinski definition) is 0. The van der Waals surface area contributed by atoms with Gasteiger partial charge in [-0.15, -0.1) is 0 Å². The lowest BCUT2D eigenvalue weighted by Crippen LogP contribution is -2.38. The first kappa shape index (κ1) is 30.8. The van der Waals surface area contributed by atoms with Crippen molar-refractivity contribution in [2.24, 2.45) is 11.8 Å². The number of likely N-dealkylation sites (tertiary alicyclic amines) is 1. The Kier molecular flexibility index (Phi) is 11.5. The molecule has 1 heterocycles. The molecular weight excluding hydrogens is 492 g/mol. The summed E-state index contributed by atoms with van der Waals surface area (Å²) >= 11 is 0. The van der Waals surface area contributed by atoms with E-state index in [1.165, 1.54) is 11.1 Å². The molecule has 2 aromatic carbocycles. The number of hydrogen-bond acceptors (Lipinski definition) is 6. The topological polar surface area (TPSA) is 60.5 Å². The predicted octanol–water partition coefficient (Wildman–Crippen LogP) is 6.05. The average molecular weight is 541 g/mol. The van der Waals surface area contributed by atoms with Crippen molar-refractivity contribution < 1.29 is 23.7 Å². The Hall–Kier alpha value is -2.77. The van der Waals surface area contributed by atoms with Gasteiger partial charge in [0.05, 0.1) is 13.7 Å². The maximum absolute atomic E-state index is 13.0. The van der Waals surface area contributed by atoms with Crippen LogP contribution in [0.1, 0.15) is 52.2 Å². The molecule has 1 saturated heterocycles. The molecule has 1 aliphatic rings. The molecule has 0 unspecified atom stereocenters. The van der Waals surface area contributed by atoms with Crippen molar-refractivity contribution in [3.63, 3.8) is 0 Å². The van der Waals surface area contributed by atoms with Crippen LogP contribution >= 0.6 is 0 Å². The van der Waals surface area contributed by atoms with E-state index in [0.29, 0.717) is 44.2 Å². The standard InChI is InChI=1S/C32H48N2O5/c1-24(2)33(20-26-14-15-29(37-7)30(19-26)38-17-11-16-36-6)22-28-23-34(31(35)39-32(3,4)5)21-27(28)18-25-12-9-8-10-13-25/h8-10,12-15,19,24,27-28H,11,16-18,20-23H2,1-7H3/t27-,28-/m0/s1. The Balaban J connectivity index is 1.75. The van der Waals surface area contributed by atoms with Crippen LogP contribution in [0.5, 0.6) is 11.5 Å². The zero-order valence-electron chi connectivity index (χ0n) is 24.9. The summed E-state index contributed by atoms with van der Waals surface area (Å²) in [6.45, 7) is 14.6. The predicted molar refractivity (Wildman–Crippen MR) is 155 cm³/mol. The molecule has 0 saturated carbocycles. The Morgan fingerprint density at radius 2 is 1.69 bits per heavy atom. The average Bonchev–Trinajstić information content (AvgIpc) is 3.28. The van der Waals surface area contributed by atoms with E-state index in [2.05, 4.69) is 55.1 Å². The third-order valence-corrected chi connectivity index (χ3v) is 7.13. The summed E-state index contributed by atoms with van der Waals surface area (Å²) in [5.41, 5.74) is 1.97. The fourth-order valence-corrected chi connectivity index (χ4v) is 5.08. The smallest absolute Gasteiger partial charge is 0.410 e. The fraction of sp³-hybridized carbons (Fsp3) is 0.594. The number of benzene rings is 2. The van der Waals surface area contributed by atoms with Crippen molar-refractivity contribution >= 4 is 6.09 Å². The molecule has 0 bridgehead atoms. The highest BCUT2D eigenvalue weighted by Gasteiger charge is 2.38. The van der Waals surface area contributed by atoms with Gasteiger partial charge in [0, 0.05) is 52.4 Å². The molecule has 7 heteroatoms. The first-order valence-corrected chi connectivity index (χ1v) is 14.1. The van der Waals surface area contributed by atoms with Crippen LogP contribution in [-0.4, -0.2) is 74.6 Å². The van der Waals surface area contributed by atoms with Gasteiger partial charge in [0.2, 0.25) is 0 Å². The van der Waals surface area contributed by atoms with E-state index in [1.807, 2.05) is 37.8 Å². The zero-order chi connectivity index (χ0) is 28.4. The van der Waals surface area contributed by atoms with E-state index >= 15 is 0 Å². The Bertz CT molecular complexity index is 1020. The van der Waals surface area contributed by atoms with E-state index < -0.39 is 5.60 Å². The van der Waals surface area contributed by atoms with E-state index in [1.54, 1.807) is 14.2 Å². The van der Waals surface area contributed by atoms with Gasteiger partial charge >= 0.3 is 6.09 Å². The highest BCUT2D eigenvalue weighted by atomic mass is 16.6. The van der Waals surface area contributed by atoms with Gasteiger partial charge in [-0.1, -0.05) is 36.4 Å². The molecule has 0 aromatic heterocycles. The van der Waals surface area contributed by atoms with Crippen molar-refractivity contribution in [1.82, 2.24) is 9.80 Å². The van der Waals surface area contributed by atoms with Crippen LogP contribution in [0, 0.1) is 11.8 Å². The molecule has 3 rings (SSSR count). The number of methoxy groups -OCH3 is 2. The Labute approximate surface area is 235 Å². The minimum absolute atomic E-state index is 0.218. The van der Waals surface area contributed by atoms with Crippen LogP contribution < -0.4 is 9.47 Å². The molecule has 1 amide bonds. The monoisotopic (exact) mass is 540 g/mol. The highest BCUT2D eigenvalue weighted by molar-refractivity contribution is 5.68. The maximum atomic E-state index is 13.0. The third kappa shape index (κ3) is 9.73. The molecule has 2 atom stereocenters. The number of carbonyl (C=O) groups excluding carboxylic acids is 1. The molecule has 1 aliphatic heterocycles. The molecule has 0 radical (unpaired) electrons. The van der Waals surface area contributed by atoms with Gasteiger partial charge in [-0.3, -0.25) is 4.90 Å². The summed E-state index contributed by atoms with van der Waals surface area (Å²) in [7, 11) is 3.37. The highest BCUT2D eigenvalue weighted by Crippen LogP contribution is 2.32. The van der Waals surface area contributed by atoms with Gasteiger partial charge in [-0.25, -0.2) is 4.79 Å². The lowest BCUT2D eigenvalue weighted by molar-refractivity contribution is 0.0281. The zero-order valence-corrected chi connectivity index (χ0v) is 24.9. The number of nitrogens with zero attached hydrogens (tertiary/aromatic N) is 2. The van der Waals surface area contributed by atoms with E-state index in [9.17, 15) is 4.79 Å². The number of amides is 1. The largest absolute Gasteiger partial charge is 0.493 e. The minimum Gasteiger partial charge on any atom is -0.493 e. The Morgan fingerprint density at radius 3 is 2.33 bits per heavy atom. The van der Waals surface area contributed by atoms with E-state index in [-0.39, 0.29) is 6.09 Å². The minimum atomic E-state index is -0.508.